The van der Waals surface area contributed by atoms with Crippen molar-refractivity contribution in [2.24, 2.45) is 0 Å². The zero-order valence-corrected chi connectivity index (χ0v) is 10.2. The van der Waals surface area contributed by atoms with Crippen molar-refractivity contribution in [2.75, 3.05) is 20.2 Å². The van der Waals surface area contributed by atoms with E-state index in [1.54, 1.807) is 0 Å². The molecule has 1 rings (SSSR count). The van der Waals surface area contributed by atoms with Gasteiger partial charge in [-0.25, -0.2) is 0 Å². The molecule has 0 amide bonds. The predicted octanol–water partition coefficient (Wildman–Crippen LogP) is 1.89. The Balaban J connectivity index is 2.75. The average Bonchev–Trinajstić information content (AvgIpc) is 2.25. The Bertz CT molecular complexity index is 283. The molecule has 1 saturated carbocycles. The first-order chi connectivity index (χ1) is 8.33. The number of methoxy groups -OCH3 is 1. The molecule has 0 aromatic rings. The van der Waals surface area contributed by atoms with Crippen LogP contribution in [0, 0.1) is 0 Å². The van der Waals surface area contributed by atoms with Crippen LogP contribution in [0.1, 0.15) is 25.7 Å². The van der Waals surface area contributed by atoms with Gasteiger partial charge < -0.3 is 9.84 Å². The van der Waals surface area contributed by atoms with Crippen LogP contribution in [0.2, 0.25) is 0 Å². The lowest BCUT2D eigenvalue weighted by Crippen LogP contribution is -2.51. The normalized spacial score (nSPS) is 25.4. The maximum atomic E-state index is 12.5. The minimum Gasteiger partial charge on any atom is -0.480 e. The molecule has 1 aliphatic rings. The molecule has 1 fully saturated rings. The summed E-state index contributed by atoms with van der Waals surface area (Å²) in [7, 11) is 1.45. The summed E-state index contributed by atoms with van der Waals surface area (Å²) in [4.78, 5) is 11.7. The molecule has 0 spiro atoms. The fourth-order valence-corrected chi connectivity index (χ4v) is 2.46. The number of carboxylic acid groups (broad SMARTS) is 1. The van der Waals surface area contributed by atoms with Gasteiger partial charge >= 0.3 is 12.1 Å². The Morgan fingerprint density at radius 2 is 2.00 bits per heavy atom. The van der Waals surface area contributed by atoms with E-state index in [-0.39, 0.29) is 6.10 Å². The van der Waals surface area contributed by atoms with Gasteiger partial charge in [0.25, 0.3) is 0 Å². The highest BCUT2D eigenvalue weighted by Crippen LogP contribution is 2.28. The monoisotopic (exact) mass is 269 g/mol. The first-order valence-corrected chi connectivity index (χ1v) is 5.89. The Morgan fingerprint density at radius 3 is 2.50 bits per heavy atom. The highest BCUT2D eigenvalue weighted by atomic mass is 19.4. The Labute approximate surface area is 104 Å². The number of hydrogen-bond acceptors (Lipinski definition) is 3. The third kappa shape index (κ3) is 4.81. The Morgan fingerprint density at radius 1 is 1.39 bits per heavy atom. The van der Waals surface area contributed by atoms with Crippen LogP contribution in [-0.4, -0.2) is 54.5 Å². The van der Waals surface area contributed by atoms with Gasteiger partial charge in [-0.1, -0.05) is 12.8 Å². The SMILES string of the molecule is COC1CCCCC1N(CC(=O)O)CC(F)(F)F. The van der Waals surface area contributed by atoms with Crippen molar-refractivity contribution >= 4 is 5.97 Å². The molecule has 0 aromatic heterocycles. The Kier molecular flexibility index (Phi) is 5.40. The highest BCUT2D eigenvalue weighted by Gasteiger charge is 2.38. The second kappa shape index (κ2) is 6.38. The van der Waals surface area contributed by atoms with Crippen LogP contribution in [0.15, 0.2) is 0 Å². The molecular weight excluding hydrogens is 251 g/mol. The smallest absolute Gasteiger partial charge is 0.401 e. The van der Waals surface area contributed by atoms with Crippen LogP contribution in [0.4, 0.5) is 13.2 Å². The van der Waals surface area contributed by atoms with Crippen LogP contribution in [0.3, 0.4) is 0 Å². The summed E-state index contributed by atoms with van der Waals surface area (Å²) in [5.74, 6) is -1.25. The quantitative estimate of drug-likeness (QED) is 0.828. The van der Waals surface area contributed by atoms with Crippen LogP contribution >= 0.6 is 0 Å². The van der Waals surface area contributed by atoms with Gasteiger partial charge in [0.05, 0.1) is 19.2 Å². The third-order valence-corrected chi connectivity index (χ3v) is 3.16. The second-order valence-electron chi connectivity index (χ2n) is 4.54. The maximum absolute atomic E-state index is 12.5. The molecule has 0 radical (unpaired) electrons. The molecule has 106 valence electrons. The van der Waals surface area contributed by atoms with Crippen LogP contribution in [0.5, 0.6) is 0 Å². The largest absolute Gasteiger partial charge is 0.480 e. The molecule has 7 heteroatoms. The summed E-state index contributed by atoms with van der Waals surface area (Å²) in [5.41, 5.74) is 0. The van der Waals surface area contributed by atoms with E-state index in [0.717, 1.165) is 17.7 Å². The number of halogens is 3. The number of carbonyl (C=O) groups is 1. The van der Waals surface area contributed by atoms with Crippen LogP contribution in [0.25, 0.3) is 0 Å². The summed E-state index contributed by atoms with van der Waals surface area (Å²) >= 11 is 0. The third-order valence-electron chi connectivity index (χ3n) is 3.16. The zero-order valence-electron chi connectivity index (χ0n) is 10.2. The average molecular weight is 269 g/mol. The number of carboxylic acids is 1. The van der Waals surface area contributed by atoms with Crippen LogP contribution < -0.4 is 0 Å². The minimum absolute atomic E-state index is 0.319. The zero-order chi connectivity index (χ0) is 13.8. The summed E-state index contributed by atoms with van der Waals surface area (Å²) < 4.78 is 42.6. The van der Waals surface area contributed by atoms with Gasteiger partial charge in [0, 0.05) is 13.2 Å². The van der Waals surface area contributed by atoms with Gasteiger partial charge in [-0.2, -0.15) is 13.2 Å². The van der Waals surface area contributed by atoms with Gasteiger partial charge in [-0.3, -0.25) is 9.69 Å². The topological polar surface area (TPSA) is 49.8 Å². The van der Waals surface area contributed by atoms with Crippen molar-refractivity contribution in [3.05, 3.63) is 0 Å². The molecule has 0 heterocycles. The van der Waals surface area contributed by atoms with Gasteiger partial charge in [0.1, 0.15) is 0 Å². The second-order valence-corrected chi connectivity index (χ2v) is 4.54. The molecule has 1 N–H and O–H groups in total. The van der Waals surface area contributed by atoms with E-state index in [1.807, 2.05) is 0 Å². The summed E-state index contributed by atoms with van der Waals surface area (Å²) in [5, 5.41) is 8.72. The van der Waals surface area contributed by atoms with Crippen molar-refractivity contribution in [1.82, 2.24) is 4.90 Å². The number of aliphatic carboxylic acids is 1. The van der Waals surface area contributed by atoms with E-state index in [4.69, 9.17) is 9.84 Å². The summed E-state index contributed by atoms with van der Waals surface area (Å²) in [6.07, 6.45) is -1.79. The van der Waals surface area contributed by atoms with Crippen molar-refractivity contribution in [1.29, 1.82) is 0 Å². The van der Waals surface area contributed by atoms with Crippen molar-refractivity contribution in [3.63, 3.8) is 0 Å². The molecule has 4 nitrogen and oxygen atoms in total. The van der Waals surface area contributed by atoms with Crippen LogP contribution in [-0.2, 0) is 9.53 Å². The predicted molar refractivity (Wildman–Crippen MR) is 58.3 cm³/mol. The molecule has 0 bridgehead atoms. The van der Waals surface area contributed by atoms with E-state index in [9.17, 15) is 18.0 Å². The van der Waals surface area contributed by atoms with E-state index < -0.39 is 31.3 Å². The molecule has 18 heavy (non-hydrogen) atoms. The first-order valence-electron chi connectivity index (χ1n) is 5.89. The van der Waals surface area contributed by atoms with E-state index in [0.29, 0.717) is 12.8 Å². The maximum Gasteiger partial charge on any atom is 0.401 e. The lowest BCUT2D eigenvalue weighted by atomic mass is 9.91. The fourth-order valence-electron chi connectivity index (χ4n) is 2.46. The van der Waals surface area contributed by atoms with Gasteiger partial charge in [0.15, 0.2) is 0 Å². The van der Waals surface area contributed by atoms with E-state index in [2.05, 4.69) is 0 Å². The van der Waals surface area contributed by atoms with Gasteiger partial charge in [0.2, 0.25) is 0 Å². The number of rotatable bonds is 5. The summed E-state index contributed by atoms with van der Waals surface area (Å²) in [6, 6.07) is -0.471. The standard InChI is InChI=1S/C11H18F3NO3/c1-18-9-5-3-2-4-8(9)15(6-10(16)17)7-11(12,13)14/h8-9H,2-7H2,1H3,(H,16,17). The number of ether oxygens (including phenoxy) is 1. The van der Waals surface area contributed by atoms with Crippen molar-refractivity contribution in [2.45, 2.75) is 44.0 Å². The number of hydrogen-bond donors (Lipinski definition) is 1. The molecule has 2 unspecified atom stereocenters. The van der Waals surface area contributed by atoms with Gasteiger partial charge in [-0.15, -0.1) is 0 Å². The fraction of sp³-hybridized carbons (Fsp3) is 0.909. The number of alkyl halides is 3. The lowest BCUT2D eigenvalue weighted by Gasteiger charge is -2.38. The van der Waals surface area contributed by atoms with Crippen molar-refractivity contribution < 1.29 is 27.8 Å². The molecule has 0 saturated heterocycles. The summed E-state index contributed by atoms with van der Waals surface area (Å²) in [6.45, 7) is -1.81. The minimum atomic E-state index is -4.40. The van der Waals surface area contributed by atoms with Gasteiger partial charge in [-0.05, 0) is 12.8 Å². The lowest BCUT2D eigenvalue weighted by molar-refractivity contribution is -0.165. The first kappa shape index (κ1) is 15.2. The molecule has 2 atom stereocenters. The van der Waals surface area contributed by atoms with E-state index in [1.165, 1.54) is 7.11 Å². The highest BCUT2D eigenvalue weighted by molar-refractivity contribution is 5.69. The molecule has 0 aliphatic heterocycles. The number of nitrogens with zero attached hydrogens (tertiary/aromatic N) is 1. The molecule has 0 aromatic carbocycles. The molecular formula is C11H18F3NO3. The van der Waals surface area contributed by atoms with Crippen molar-refractivity contribution in [3.8, 4) is 0 Å². The molecule has 1 aliphatic carbocycles. The van der Waals surface area contributed by atoms with E-state index >= 15 is 0 Å². The Hall–Kier alpha value is -0.820.